The predicted octanol–water partition coefficient (Wildman–Crippen LogP) is 4.70. The SMILES string of the molecule is CCC#Cc1nc(C(CCC)(OC)OC)nn1Cc1ccc(-c2ccccc2C(=O)O)cc1. The molecule has 3 aromatic rings. The van der Waals surface area contributed by atoms with E-state index in [9.17, 15) is 9.90 Å². The molecule has 0 aliphatic carbocycles. The van der Waals surface area contributed by atoms with Crippen LogP contribution in [0, 0.1) is 11.8 Å². The molecule has 0 amide bonds. The van der Waals surface area contributed by atoms with E-state index >= 15 is 0 Å². The second-order valence-corrected chi connectivity index (χ2v) is 7.53. The van der Waals surface area contributed by atoms with Gasteiger partial charge in [-0.05, 0) is 28.7 Å². The fourth-order valence-corrected chi connectivity index (χ4v) is 3.67. The summed E-state index contributed by atoms with van der Waals surface area (Å²) in [6.45, 7) is 4.48. The topological polar surface area (TPSA) is 86.5 Å². The average molecular weight is 448 g/mol. The molecule has 33 heavy (non-hydrogen) atoms. The van der Waals surface area contributed by atoms with Crippen molar-refractivity contribution >= 4 is 5.97 Å². The number of rotatable bonds is 9. The molecular formula is C26H29N3O4. The van der Waals surface area contributed by atoms with Gasteiger partial charge in [0.1, 0.15) is 0 Å². The Morgan fingerprint density at radius 1 is 1.09 bits per heavy atom. The minimum atomic E-state index is -1.02. The number of ether oxygens (including phenoxy) is 2. The van der Waals surface area contributed by atoms with Crippen LogP contribution in [-0.4, -0.2) is 40.1 Å². The number of hydrogen-bond acceptors (Lipinski definition) is 5. The average Bonchev–Trinajstić information content (AvgIpc) is 3.24. The summed E-state index contributed by atoms with van der Waals surface area (Å²) in [6.07, 6.45) is 2.16. The van der Waals surface area contributed by atoms with Crippen molar-refractivity contribution in [2.24, 2.45) is 0 Å². The molecule has 3 rings (SSSR count). The molecule has 0 saturated heterocycles. The quantitative estimate of drug-likeness (QED) is 0.378. The molecule has 172 valence electrons. The second-order valence-electron chi connectivity index (χ2n) is 7.53. The molecule has 0 aliphatic rings. The lowest BCUT2D eigenvalue weighted by atomic mass is 9.99. The van der Waals surface area contributed by atoms with Gasteiger partial charge in [-0.15, -0.1) is 5.10 Å². The fourth-order valence-electron chi connectivity index (χ4n) is 3.67. The van der Waals surface area contributed by atoms with Gasteiger partial charge in [-0.3, -0.25) is 0 Å². The van der Waals surface area contributed by atoms with Gasteiger partial charge in [-0.2, -0.15) is 4.98 Å². The van der Waals surface area contributed by atoms with Crippen molar-refractivity contribution in [3.05, 3.63) is 71.3 Å². The first-order valence-corrected chi connectivity index (χ1v) is 10.9. The Balaban J connectivity index is 1.94. The molecule has 7 heteroatoms. The molecule has 1 aromatic heterocycles. The summed E-state index contributed by atoms with van der Waals surface area (Å²) in [7, 11) is 3.18. The van der Waals surface area contributed by atoms with Crippen LogP contribution in [0.2, 0.25) is 0 Å². The minimum absolute atomic E-state index is 0.273. The molecule has 0 aliphatic heterocycles. The molecule has 0 atom stereocenters. The van der Waals surface area contributed by atoms with E-state index in [1.54, 1.807) is 31.0 Å². The maximum Gasteiger partial charge on any atom is 0.336 e. The van der Waals surface area contributed by atoms with Crippen LogP contribution in [0.15, 0.2) is 48.5 Å². The summed E-state index contributed by atoms with van der Waals surface area (Å²) in [5, 5.41) is 14.2. The summed E-state index contributed by atoms with van der Waals surface area (Å²) in [5.41, 5.74) is 2.77. The van der Waals surface area contributed by atoms with E-state index in [2.05, 4.69) is 21.9 Å². The largest absolute Gasteiger partial charge is 0.478 e. The maximum atomic E-state index is 11.6. The molecule has 0 fully saturated rings. The lowest BCUT2D eigenvalue weighted by Gasteiger charge is -2.27. The standard InChI is InChI=1S/C26H29N3O4/c1-5-7-12-23-27-25(26(32-3,33-4)17-6-2)28-29(23)18-19-13-15-20(16-14-19)21-10-8-9-11-22(21)24(30)31/h8-11,13-16H,5-6,17-18H2,1-4H3,(H,30,31). The van der Waals surface area contributed by atoms with Crippen molar-refractivity contribution in [3.63, 3.8) is 0 Å². The van der Waals surface area contributed by atoms with E-state index in [0.29, 0.717) is 36.6 Å². The van der Waals surface area contributed by atoms with Gasteiger partial charge in [0.15, 0.2) is 0 Å². The summed E-state index contributed by atoms with van der Waals surface area (Å²) in [5.74, 6) is 5.17. The van der Waals surface area contributed by atoms with Gasteiger partial charge in [0.25, 0.3) is 0 Å². The molecule has 0 radical (unpaired) electrons. The van der Waals surface area contributed by atoms with Gasteiger partial charge in [-0.1, -0.05) is 68.7 Å². The molecule has 1 heterocycles. The third kappa shape index (κ3) is 5.30. The van der Waals surface area contributed by atoms with Crippen LogP contribution in [0.1, 0.15) is 60.7 Å². The first kappa shape index (κ1) is 24.2. The Bertz CT molecular complexity index is 1150. The van der Waals surface area contributed by atoms with Crippen LogP contribution in [0.4, 0.5) is 0 Å². The number of aromatic nitrogens is 3. The predicted molar refractivity (Wildman–Crippen MR) is 126 cm³/mol. The van der Waals surface area contributed by atoms with Crippen molar-refractivity contribution in [1.82, 2.24) is 14.8 Å². The summed E-state index contributed by atoms with van der Waals surface area (Å²) in [6, 6.07) is 14.7. The highest BCUT2D eigenvalue weighted by molar-refractivity contribution is 5.95. The molecule has 1 N–H and O–H groups in total. The number of nitrogens with zero attached hydrogens (tertiary/aromatic N) is 3. The fraction of sp³-hybridized carbons (Fsp3) is 0.346. The van der Waals surface area contributed by atoms with Gasteiger partial charge in [0.2, 0.25) is 17.4 Å². The number of carbonyl (C=O) groups is 1. The highest BCUT2D eigenvalue weighted by Gasteiger charge is 2.36. The molecule has 2 aromatic carbocycles. The van der Waals surface area contributed by atoms with E-state index in [1.165, 1.54) is 0 Å². The van der Waals surface area contributed by atoms with Crippen LogP contribution < -0.4 is 0 Å². The zero-order valence-electron chi connectivity index (χ0n) is 19.5. The Kier molecular flexibility index (Phi) is 7.99. The van der Waals surface area contributed by atoms with Crippen LogP contribution in [0.3, 0.4) is 0 Å². The number of methoxy groups -OCH3 is 2. The Labute approximate surface area is 194 Å². The van der Waals surface area contributed by atoms with Crippen LogP contribution in [0.25, 0.3) is 11.1 Å². The van der Waals surface area contributed by atoms with Crippen LogP contribution in [-0.2, 0) is 21.8 Å². The van der Waals surface area contributed by atoms with Gasteiger partial charge < -0.3 is 14.6 Å². The van der Waals surface area contributed by atoms with E-state index in [-0.39, 0.29) is 5.56 Å². The number of carboxylic acid groups (broad SMARTS) is 1. The normalized spacial score (nSPS) is 11.2. The number of carboxylic acids is 1. The summed E-state index contributed by atoms with van der Waals surface area (Å²) in [4.78, 5) is 16.2. The van der Waals surface area contributed by atoms with E-state index in [4.69, 9.17) is 9.47 Å². The van der Waals surface area contributed by atoms with Crippen molar-refractivity contribution in [2.75, 3.05) is 14.2 Å². The number of hydrogen-bond donors (Lipinski definition) is 1. The first-order chi connectivity index (χ1) is 16.0. The highest BCUT2D eigenvalue weighted by atomic mass is 16.7. The van der Waals surface area contributed by atoms with Crippen molar-refractivity contribution in [1.29, 1.82) is 0 Å². The van der Waals surface area contributed by atoms with E-state index in [1.807, 2.05) is 50.2 Å². The molecule has 7 nitrogen and oxygen atoms in total. The summed E-state index contributed by atoms with van der Waals surface area (Å²) >= 11 is 0. The second kappa shape index (κ2) is 10.9. The molecule has 0 unspecified atom stereocenters. The van der Waals surface area contributed by atoms with Crippen molar-refractivity contribution in [2.45, 2.75) is 45.4 Å². The van der Waals surface area contributed by atoms with E-state index in [0.717, 1.165) is 17.5 Å². The lowest BCUT2D eigenvalue weighted by Crippen LogP contribution is -2.32. The highest BCUT2D eigenvalue weighted by Crippen LogP contribution is 2.29. The summed E-state index contributed by atoms with van der Waals surface area (Å²) < 4.78 is 13.1. The monoisotopic (exact) mass is 447 g/mol. The molecular weight excluding hydrogens is 418 g/mol. The molecule has 0 spiro atoms. The Morgan fingerprint density at radius 2 is 1.79 bits per heavy atom. The Morgan fingerprint density at radius 3 is 2.39 bits per heavy atom. The number of benzene rings is 2. The molecule has 0 saturated carbocycles. The molecule has 0 bridgehead atoms. The third-order valence-corrected chi connectivity index (χ3v) is 5.38. The van der Waals surface area contributed by atoms with Gasteiger partial charge in [-0.25, -0.2) is 9.48 Å². The van der Waals surface area contributed by atoms with Gasteiger partial charge >= 0.3 is 5.97 Å². The Hall–Kier alpha value is -3.47. The maximum absolute atomic E-state index is 11.6. The minimum Gasteiger partial charge on any atom is -0.478 e. The van der Waals surface area contributed by atoms with Crippen LogP contribution >= 0.6 is 0 Å². The van der Waals surface area contributed by atoms with Crippen molar-refractivity contribution in [3.8, 4) is 23.0 Å². The third-order valence-electron chi connectivity index (χ3n) is 5.38. The van der Waals surface area contributed by atoms with Crippen molar-refractivity contribution < 1.29 is 19.4 Å². The lowest BCUT2D eigenvalue weighted by molar-refractivity contribution is -0.225. The van der Waals surface area contributed by atoms with Gasteiger partial charge in [0.05, 0.1) is 12.1 Å². The zero-order valence-corrected chi connectivity index (χ0v) is 19.5. The first-order valence-electron chi connectivity index (χ1n) is 10.9. The smallest absolute Gasteiger partial charge is 0.336 e. The van der Waals surface area contributed by atoms with Crippen LogP contribution in [0.5, 0.6) is 0 Å². The zero-order chi connectivity index (χ0) is 23.8. The van der Waals surface area contributed by atoms with E-state index < -0.39 is 11.8 Å². The van der Waals surface area contributed by atoms with Gasteiger partial charge in [0, 0.05) is 27.1 Å². The number of aromatic carboxylic acids is 1.